The van der Waals surface area contributed by atoms with Crippen molar-refractivity contribution in [3.63, 3.8) is 0 Å². The van der Waals surface area contributed by atoms with Crippen LogP contribution in [0.5, 0.6) is 0 Å². The van der Waals surface area contributed by atoms with Gasteiger partial charge in [-0.2, -0.15) is 0 Å². The molecule has 57 heavy (non-hydrogen) atoms. The topological polar surface area (TPSA) is 21.3 Å². The third-order valence-corrected chi connectivity index (χ3v) is 11.2. The summed E-state index contributed by atoms with van der Waals surface area (Å²) in [7, 11) is 0. The van der Waals surface area contributed by atoms with E-state index < -0.39 is 0 Å². The maximum atomic E-state index is 6.68. The van der Waals surface area contributed by atoms with Gasteiger partial charge in [0.2, 0.25) is 0 Å². The van der Waals surface area contributed by atoms with Crippen molar-refractivity contribution < 1.29 is 4.42 Å². The summed E-state index contributed by atoms with van der Waals surface area (Å²) < 4.78 is 9.08. The Labute approximate surface area is 330 Å². The lowest BCUT2D eigenvalue weighted by molar-refractivity contribution is 0.670. The predicted octanol–water partition coefficient (Wildman–Crippen LogP) is 15.2. The Morgan fingerprint density at radius 1 is 0.333 bits per heavy atom. The van der Waals surface area contributed by atoms with Crippen LogP contribution in [0.4, 0.5) is 17.1 Å². The molecule has 0 spiro atoms. The van der Waals surface area contributed by atoms with Crippen molar-refractivity contribution in [2.45, 2.75) is 0 Å². The minimum Gasteiger partial charge on any atom is -0.455 e. The van der Waals surface area contributed by atoms with E-state index in [2.05, 4.69) is 222 Å². The molecule has 9 aromatic carbocycles. The number of rotatable bonds is 7. The molecule has 0 aliphatic carbocycles. The molecule has 0 fully saturated rings. The highest BCUT2D eigenvalue weighted by Gasteiger charge is 2.20. The average Bonchev–Trinajstić information content (AvgIpc) is 3.83. The van der Waals surface area contributed by atoms with Gasteiger partial charge in [-0.3, -0.25) is 0 Å². The second-order valence-electron chi connectivity index (χ2n) is 14.5. The first-order chi connectivity index (χ1) is 28.3. The number of hydrogen-bond acceptors (Lipinski definition) is 2. The monoisotopic (exact) mass is 728 g/mol. The zero-order chi connectivity index (χ0) is 37.7. The molecule has 0 saturated heterocycles. The summed E-state index contributed by atoms with van der Waals surface area (Å²) in [4.78, 5) is 2.34. The van der Waals surface area contributed by atoms with Crippen molar-refractivity contribution in [1.82, 2.24) is 4.57 Å². The number of furan rings is 1. The number of para-hydroxylation sites is 3. The number of anilines is 3. The van der Waals surface area contributed by atoms with E-state index in [0.29, 0.717) is 0 Å². The fraction of sp³-hybridized carbons (Fsp3) is 0. The lowest BCUT2D eigenvalue weighted by atomic mass is 10.00. The SMILES string of the molecule is c1ccc(-c2ccc(N(c3ccc(-c4cc(-n5c6ccccc6c6ccccc65)cc5c4oc4ccccc45)cc3)c3cccc(-c4ccccc4)c3)cc2)cc1. The largest absolute Gasteiger partial charge is 0.455 e. The summed E-state index contributed by atoms with van der Waals surface area (Å²) in [5.41, 5.74) is 15.3. The number of fused-ring (bicyclic) bond motifs is 6. The molecule has 3 heteroatoms. The fourth-order valence-electron chi connectivity index (χ4n) is 8.48. The fourth-order valence-corrected chi connectivity index (χ4v) is 8.48. The molecule has 0 bridgehead atoms. The van der Waals surface area contributed by atoms with E-state index in [4.69, 9.17) is 4.42 Å². The van der Waals surface area contributed by atoms with Gasteiger partial charge in [-0.1, -0.05) is 152 Å². The molecule has 0 unspecified atom stereocenters. The highest BCUT2D eigenvalue weighted by Crippen LogP contribution is 2.42. The summed E-state index contributed by atoms with van der Waals surface area (Å²) in [6.07, 6.45) is 0. The quantitative estimate of drug-likeness (QED) is 0.163. The van der Waals surface area contributed by atoms with Crippen LogP contribution in [0.1, 0.15) is 0 Å². The molecule has 0 saturated carbocycles. The van der Waals surface area contributed by atoms with Crippen molar-refractivity contribution in [3.05, 3.63) is 218 Å². The summed E-state index contributed by atoms with van der Waals surface area (Å²) in [5.74, 6) is 0. The smallest absolute Gasteiger partial charge is 0.143 e. The molecule has 0 atom stereocenters. The van der Waals surface area contributed by atoms with Gasteiger partial charge in [-0.25, -0.2) is 0 Å². The Balaban J connectivity index is 1.07. The molecule has 11 rings (SSSR count). The minimum atomic E-state index is 0.883. The van der Waals surface area contributed by atoms with Crippen molar-refractivity contribution in [3.8, 4) is 39.1 Å². The van der Waals surface area contributed by atoms with E-state index in [9.17, 15) is 0 Å². The van der Waals surface area contributed by atoms with E-state index in [1.807, 2.05) is 6.07 Å². The second kappa shape index (κ2) is 13.6. The lowest BCUT2D eigenvalue weighted by Crippen LogP contribution is -2.10. The Kier molecular flexibility index (Phi) is 7.82. The number of aromatic nitrogens is 1. The van der Waals surface area contributed by atoms with Crippen LogP contribution in [0, 0.1) is 0 Å². The Morgan fingerprint density at radius 3 is 1.49 bits per heavy atom. The highest BCUT2D eigenvalue weighted by atomic mass is 16.3. The van der Waals surface area contributed by atoms with Gasteiger partial charge in [0.05, 0.1) is 11.0 Å². The van der Waals surface area contributed by atoms with E-state index in [0.717, 1.165) is 55.8 Å². The maximum absolute atomic E-state index is 6.68. The van der Waals surface area contributed by atoms with Crippen LogP contribution >= 0.6 is 0 Å². The van der Waals surface area contributed by atoms with E-state index in [-0.39, 0.29) is 0 Å². The standard InChI is InChI=1S/C54H36N2O/c1-3-14-37(15-4-1)39-26-30-42(31-27-39)55(44-19-13-18-41(34-44)38-16-5-2-6-17-38)43-32-28-40(29-33-43)49-35-45(36-50-48-22-9-12-25-53(48)57-54(49)50)56-51-23-10-7-20-46(51)47-21-8-11-24-52(47)56/h1-36H. The van der Waals surface area contributed by atoms with Crippen LogP contribution < -0.4 is 4.90 Å². The molecule has 11 aromatic rings. The third-order valence-electron chi connectivity index (χ3n) is 11.2. The van der Waals surface area contributed by atoms with Crippen molar-refractivity contribution >= 4 is 60.8 Å². The van der Waals surface area contributed by atoms with Crippen molar-refractivity contribution in [2.24, 2.45) is 0 Å². The molecule has 2 heterocycles. The Morgan fingerprint density at radius 2 is 0.842 bits per heavy atom. The first-order valence-electron chi connectivity index (χ1n) is 19.4. The first kappa shape index (κ1) is 32.8. The lowest BCUT2D eigenvalue weighted by Gasteiger charge is -2.26. The summed E-state index contributed by atoms with van der Waals surface area (Å²) in [6.45, 7) is 0. The number of benzene rings is 9. The van der Waals surface area contributed by atoms with Gasteiger partial charge in [0.25, 0.3) is 0 Å². The number of nitrogens with zero attached hydrogens (tertiary/aromatic N) is 2. The molecule has 0 N–H and O–H groups in total. The third kappa shape index (κ3) is 5.68. The van der Waals surface area contributed by atoms with Gasteiger partial charge in [0, 0.05) is 49.9 Å². The molecule has 3 nitrogen and oxygen atoms in total. The molecule has 2 aromatic heterocycles. The molecular formula is C54H36N2O. The maximum Gasteiger partial charge on any atom is 0.143 e. The van der Waals surface area contributed by atoms with Gasteiger partial charge >= 0.3 is 0 Å². The van der Waals surface area contributed by atoms with Crippen LogP contribution in [-0.4, -0.2) is 4.57 Å². The normalized spacial score (nSPS) is 11.5. The second-order valence-corrected chi connectivity index (χ2v) is 14.5. The van der Waals surface area contributed by atoms with Crippen molar-refractivity contribution in [1.29, 1.82) is 0 Å². The Hall–Kier alpha value is -7.62. The number of hydrogen-bond donors (Lipinski definition) is 0. The predicted molar refractivity (Wildman–Crippen MR) is 239 cm³/mol. The molecule has 268 valence electrons. The van der Waals surface area contributed by atoms with Gasteiger partial charge in [0.15, 0.2) is 0 Å². The van der Waals surface area contributed by atoms with Gasteiger partial charge in [-0.05, 0) is 94.5 Å². The zero-order valence-electron chi connectivity index (χ0n) is 31.1. The summed E-state index contributed by atoms with van der Waals surface area (Å²) in [6, 6.07) is 78.0. The van der Waals surface area contributed by atoms with Gasteiger partial charge < -0.3 is 13.9 Å². The van der Waals surface area contributed by atoms with Gasteiger partial charge in [-0.15, -0.1) is 0 Å². The molecule has 0 aliphatic rings. The van der Waals surface area contributed by atoms with E-state index >= 15 is 0 Å². The zero-order valence-corrected chi connectivity index (χ0v) is 31.1. The van der Waals surface area contributed by atoms with Crippen molar-refractivity contribution in [2.75, 3.05) is 4.90 Å². The average molecular weight is 729 g/mol. The molecule has 0 aliphatic heterocycles. The highest BCUT2D eigenvalue weighted by molar-refractivity contribution is 6.13. The molecular weight excluding hydrogens is 693 g/mol. The first-order valence-corrected chi connectivity index (χ1v) is 19.4. The van der Waals surface area contributed by atoms with Crippen LogP contribution in [-0.2, 0) is 0 Å². The van der Waals surface area contributed by atoms with Gasteiger partial charge in [0.1, 0.15) is 11.2 Å². The Bertz CT molecular complexity index is 3160. The summed E-state index contributed by atoms with van der Waals surface area (Å²) >= 11 is 0. The summed E-state index contributed by atoms with van der Waals surface area (Å²) in [5, 5.41) is 4.69. The van der Waals surface area contributed by atoms with E-state index in [1.54, 1.807) is 0 Å². The van der Waals surface area contributed by atoms with E-state index in [1.165, 1.54) is 44.1 Å². The van der Waals surface area contributed by atoms with Crippen LogP contribution in [0.15, 0.2) is 223 Å². The molecule has 0 amide bonds. The van der Waals surface area contributed by atoms with Crippen LogP contribution in [0.3, 0.4) is 0 Å². The molecule has 0 radical (unpaired) electrons. The minimum absolute atomic E-state index is 0.883. The van der Waals surface area contributed by atoms with Crippen LogP contribution in [0.2, 0.25) is 0 Å². The van der Waals surface area contributed by atoms with Crippen LogP contribution in [0.25, 0.3) is 82.8 Å².